The molecule has 6 nitrogen and oxygen atoms in total. The van der Waals surface area contributed by atoms with Crippen LogP contribution < -0.4 is 12.3 Å². The SMILES string of the molecule is C1CCCCC1.N.N.OCCOCCOCCO. The van der Waals surface area contributed by atoms with Gasteiger partial charge < -0.3 is 32.0 Å². The summed E-state index contributed by atoms with van der Waals surface area (Å²) in [4.78, 5) is 0. The average Bonchev–Trinajstić information content (AvgIpc) is 2.37. The lowest BCUT2D eigenvalue weighted by molar-refractivity contribution is 0.0222. The zero-order valence-electron chi connectivity index (χ0n) is 11.6. The Morgan fingerprint density at radius 1 is 0.556 bits per heavy atom. The molecule has 0 atom stereocenters. The van der Waals surface area contributed by atoms with Gasteiger partial charge in [0.15, 0.2) is 0 Å². The Morgan fingerprint density at radius 3 is 1.06 bits per heavy atom. The summed E-state index contributed by atoms with van der Waals surface area (Å²) < 4.78 is 9.75. The number of rotatable bonds is 7. The molecule has 1 fully saturated rings. The molecule has 1 aliphatic rings. The zero-order valence-corrected chi connectivity index (χ0v) is 11.6. The highest BCUT2D eigenvalue weighted by Crippen LogP contribution is 2.15. The number of aliphatic hydroxyl groups excluding tert-OH is 2. The van der Waals surface area contributed by atoms with Crippen molar-refractivity contribution in [3.63, 3.8) is 0 Å². The van der Waals surface area contributed by atoms with Gasteiger partial charge in [-0.1, -0.05) is 38.5 Å². The van der Waals surface area contributed by atoms with Gasteiger partial charge in [0.25, 0.3) is 0 Å². The average molecular weight is 268 g/mol. The highest BCUT2D eigenvalue weighted by molar-refractivity contribution is 4.51. The molecule has 0 radical (unpaired) electrons. The summed E-state index contributed by atoms with van der Waals surface area (Å²) in [6.45, 7) is 1.73. The smallest absolute Gasteiger partial charge is 0.0701 e. The van der Waals surface area contributed by atoms with Crippen LogP contribution in [0.2, 0.25) is 0 Å². The van der Waals surface area contributed by atoms with E-state index in [0.717, 1.165) is 0 Å². The van der Waals surface area contributed by atoms with Crippen molar-refractivity contribution in [1.82, 2.24) is 12.3 Å². The van der Waals surface area contributed by atoms with Gasteiger partial charge in [-0.15, -0.1) is 0 Å². The molecule has 0 aromatic carbocycles. The van der Waals surface area contributed by atoms with Crippen LogP contribution in [-0.4, -0.2) is 49.9 Å². The van der Waals surface area contributed by atoms with Crippen LogP contribution in [0.1, 0.15) is 38.5 Å². The summed E-state index contributed by atoms with van der Waals surface area (Å²) in [7, 11) is 0. The molecule has 0 unspecified atom stereocenters. The fourth-order valence-electron chi connectivity index (χ4n) is 1.51. The predicted molar refractivity (Wildman–Crippen MR) is 73.6 cm³/mol. The van der Waals surface area contributed by atoms with Gasteiger partial charge in [-0.3, -0.25) is 0 Å². The molecule has 1 aliphatic carbocycles. The van der Waals surface area contributed by atoms with Crippen LogP contribution in [-0.2, 0) is 9.47 Å². The van der Waals surface area contributed by atoms with Crippen LogP contribution in [0.15, 0.2) is 0 Å². The summed E-state index contributed by atoms with van der Waals surface area (Å²) in [5.74, 6) is 0. The third-order valence-corrected chi connectivity index (χ3v) is 2.34. The first kappa shape index (κ1) is 22.9. The van der Waals surface area contributed by atoms with E-state index in [9.17, 15) is 0 Å². The third kappa shape index (κ3) is 21.1. The second-order valence-corrected chi connectivity index (χ2v) is 3.79. The number of aliphatic hydroxyl groups is 2. The zero-order chi connectivity index (χ0) is 11.9. The van der Waals surface area contributed by atoms with Gasteiger partial charge in [0.1, 0.15) is 0 Å². The normalized spacial score (nSPS) is 13.7. The molecular formula is C12H32N2O4. The van der Waals surface area contributed by atoms with E-state index in [-0.39, 0.29) is 25.5 Å². The molecule has 0 aromatic heterocycles. The highest BCUT2D eigenvalue weighted by Gasteiger charge is 1.95. The molecule has 0 bridgehead atoms. The van der Waals surface area contributed by atoms with E-state index < -0.39 is 0 Å². The maximum atomic E-state index is 8.26. The lowest BCUT2D eigenvalue weighted by atomic mass is 10.0. The van der Waals surface area contributed by atoms with Crippen molar-refractivity contribution >= 4 is 0 Å². The molecule has 1 saturated carbocycles. The fourth-order valence-corrected chi connectivity index (χ4v) is 1.51. The Balaban J connectivity index is -0.000000244. The molecule has 0 heterocycles. The molecule has 0 saturated heterocycles. The van der Waals surface area contributed by atoms with Crippen LogP contribution in [0.3, 0.4) is 0 Å². The van der Waals surface area contributed by atoms with Crippen molar-refractivity contribution in [2.45, 2.75) is 38.5 Å². The van der Waals surface area contributed by atoms with E-state index >= 15 is 0 Å². The monoisotopic (exact) mass is 268 g/mol. The quantitative estimate of drug-likeness (QED) is 0.520. The van der Waals surface area contributed by atoms with Crippen molar-refractivity contribution < 1.29 is 19.7 Å². The Kier molecular flexibility index (Phi) is 28.0. The van der Waals surface area contributed by atoms with Gasteiger partial charge in [0.05, 0.1) is 39.6 Å². The lowest BCUT2D eigenvalue weighted by Crippen LogP contribution is -2.09. The van der Waals surface area contributed by atoms with Gasteiger partial charge in [-0.25, -0.2) is 0 Å². The summed E-state index contributed by atoms with van der Waals surface area (Å²) in [6.07, 6.45) is 9.00. The van der Waals surface area contributed by atoms with E-state index in [1.807, 2.05) is 0 Å². The molecule has 0 aliphatic heterocycles. The largest absolute Gasteiger partial charge is 0.394 e. The van der Waals surface area contributed by atoms with Gasteiger partial charge in [0.2, 0.25) is 0 Å². The van der Waals surface area contributed by atoms with Gasteiger partial charge in [-0.05, 0) is 0 Å². The van der Waals surface area contributed by atoms with Crippen molar-refractivity contribution in [2.24, 2.45) is 0 Å². The summed E-state index contributed by atoms with van der Waals surface area (Å²) >= 11 is 0. The van der Waals surface area contributed by atoms with Crippen molar-refractivity contribution in [3.8, 4) is 0 Å². The van der Waals surface area contributed by atoms with Crippen LogP contribution in [0.25, 0.3) is 0 Å². The molecule has 114 valence electrons. The van der Waals surface area contributed by atoms with E-state index in [2.05, 4.69) is 0 Å². The topological polar surface area (TPSA) is 129 Å². The van der Waals surface area contributed by atoms with E-state index in [0.29, 0.717) is 26.4 Å². The van der Waals surface area contributed by atoms with Crippen LogP contribution in [0.5, 0.6) is 0 Å². The highest BCUT2D eigenvalue weighted by atomic mass is 16.5. The molecule has 1 rings (SSSR count). The first-order chi connectivity index (χ1) is 7.91. The Bertz CT molecular complexity index is 105. The molecule has 0 spiro atoms. The van der Waals surface area contributed by atoms with Crippen LogP contribution >= 0.6 is 0 Å². The first-order valence-corrected chi connectivity index (χ1v) is 6.29. The van der Waals surface area contributed by atoms with Gasteiger partial charge >= 0.3 is 0 Å². The van der Waals surface area contributed by atoms with Crippen LogP contribution in [0, 0.1) is 0 Å². The maximum Gasteiger partial charge on any atom is 0.0701 e. The fraction of sp³-hybridized carbons (Fsp3) is 1.00. The minimum absolute atomic E-state index is 0. The van der Waals surface area contributed by atoms with Gasteiger partial charge in [-0.2, -0.15) is 0 Å². The third-order valence-electron chi connectivity index (χ3n) is 2.34. The maximum absolute atomic E-state index is 8.26. The first-order valence-electron chi connectivity index (χ1n) is 6.29. The minimum Gasteiger partial charge on any atom is -0.394 e. The molecule has 8 N–H and O–H groups in total. The molecule has 6 heteroatoms. The van der Waals surface area contributed by atoms with Crippen molar-refractivity contribution in [2.75, 3.05) is 39.6 Å². The summed E-state index contributed by atoms with van der Waals surface area (Å²) in [6, 6.07) is 0. The van der Waals surface area contributed by atoms with E-state index in [1.165, 1.54) is 38.5 Å². The Morgan fingerprint density at radius 2 is 0.833 bits per heavy atom. The molecular weight excluding hydrogens is 236 g/mol. The number of ether oxygens (including phenoxy) is 2. The Labute approximate surface area is 111 Å². The second-order valence-electron chi connectivity index (χ2n) is 3.79. The van der Waals surface area contributed by atoms with Gasteiger partial charge in [0, 0.05) is 0 Å². The van der Waals surface area contributed by atoms with Crippen molar-refractivity contribution in [1.29, 1.82) is 0 Å². The van der Waals surface area contributed by atoms with E-state index in [4.69, 9.17) is 19.7 Å². The predicted octanol–water partition coefficient (Wildman–Crippen LogP) is 1.67. The Hall–Kier alpha value is -0.240. The lowest BCUT2D eigenvalue weighted by Gasteiger charge is -2.05. The molecule has 18 heavy (non-hydrogen) atoms. The number of hydrogen-bond acceptors (Lipinski definition) is 6. The second kappa shape index (κ2) is 22.0. The van der Waals surface area contributed by atoms with E-state index in [1.54, 1.807) is 0 Å². The molecule has 0 aromatic rings. The minimum atomic E-state index is 0. The summed E-state index contributed by atoms with van der Waals surface area (Å²) in [5, 5.41) is 16.5. The summed E-state index contributed by atoms with van der Waals surface area (Å²) in [5.41, 5.74) is 0. The van der Waals surface area contributed by atoms with Crippen LogP contribution in [0.4, 0.5) is 0 Å². The standard InChI is InChI=1S/C6H14O4.C6H12.2H3N/c7-1-3-9-5-6-10-4-2-8;1-2-4-6-5-3-1;;/h7-8H,1-6H2;1-6H2;2*1H3. The van der Waals surface area contributed by atoms with Crippen molar-refractivity contribution in [3.05, 3.63) is 0 Å². The molecule has 0 amide bonds. The number of hydrogen-bond donors (Lipinski definition) is 4.